The first-order valence-corrected chi connectivity index (χ1v) is 13.8. The molecule has 0 aliphatic rings. The third kappa shape index (κ3) is 21.8. The third-order valence-corrected chi connectivity index (χ3v) is 5.76. The van der Waals surface area contributed by atoms with E-state index in [1.165, 1.54) is 6.92 Å². The van der Waals surface area contributed by atoms with Crippen LogP contribution in [0, 0.1) is 0 Å². The van der Waals surface area contributed by atoms with E-state index in [1.807, 2.05) is 60.7 Å². The molecular formula is C33H46O8. The summed E-state index contributed by atoms with van der Waals surface area (Å²) in [6, 6.07) is 18.9. The summed E-state index contributed by atoms with van der Waals surface area (Å²) in [5.41, 5.74) is 1.90. The van der Waals surface area contributed by atoms with Crippen LogP contribution >= 0.6 is 0 Å². The molecule has 0 aromatic heterocycles. The van der Waals surface area contributed by atoms with Crippen molar-refractivity contribution in [2.24, 2.45) is 0 Å². The second-order valence-electron chi connectivity index (χ2n) is 9.67. The molecule has 8 heteroatoms. The Hall–Kier alpha value is -3.65. The Bertz CT molecular complexity index is 1030. The highest BCUT2D eigenvalue weighted by molar-refractivity contribution is 5.85. The Morgan fingerprint density at radius 3 is 1.44 bits per heavy atom. The minimum Gasteiger partial charge on any atom is -0.461 e. The van der Waals surface area contributed by atoms with Gasteiger partial charge < -0.3 is 19.4 Å². The van der Waals surface area contributed by atoms with Gasteiger partial charge in [0.15, 0.2) is 0 Å². The summed E-state index contributed by atoms with van der Waals surface area (Å²) in [5.74, 6) is -0.455. The number of aliphatic hydroxyl groups excluding tert-OH is 1. The highest BCUT2D eigenvalue weighted by Crippen LogP contribution is 2.08. The van der Waals surface area contributed by atoms with Crippen LogP contribution in [0.15, 0.2) is 60.7 Å². The van der Waals surface area contributed by atoms with Crippen molar-refractivity contribution in [2.45, 2.75) is 105 Å². The van der Waals surface area contributed by atoms with E-state index in [0.29, 0.717) is 38.5 Å². The molecule has 0 bridgehead atoms. The smallest absolute Gasteiger partial charge is 0.306 e. The Labute approximate surface area is 244 Å². The molecule has 0 aliphatic heterocycles. The highest BCUT2D eigenvalue weighted by atomic mass is 16.5. The molecule has 0 saturated carbocycles. The van der Waals surface area contributed by atoms with Crippen LogP contribution in [0.25, 0.3) is 0 Å². The molecular weight excluding hydrogens is 524 g/mol. The van der Waals surface area contributed by atoms with E-state index < -0.39 is 6.10 Å². The lowest BCUT2D eigenvalue weighted by Gasteiger charge is -2.05. The molecule has 0 heterocycles. The monoisotopic (exact) mass is 570 g/mol. The fraction of sp³-hybridized carbons (Fsp3) is 0.485. The molecule has 41 heavy (non-hydrogen) atoms. The maximum atomic E-state index is 11.5. The molecule has 1 N–H and O–H groups in total. The molecule has 0 fully saturated rings. The van der Waals surface area contributed by atoms with Gasteiger partial charge in [-0.1, -0.05) is 68.1 Å². The first-order valence-electron chi connectivity index (χ1n) is 13.8. The number of ketones is 3. The van der Waals surface area contributed by atoms with Crippen LogP contribution in [0.2, 0.25) is 0 Å². The maximum Gasteiger partial charge on any atom is 0.306 e. The number of aliphatic hydroxyl groups is 1. The number of esters is 2. The Morgan fingerprint density at radius 1 is 0.634 bits per heavy atom. The summed E-state index contributed by atoms with van der Waals surface area (Å²) in [4.78, 5) is 56.5. The number of carbonyl (C=O) groups is 5. The van der Waals surface area contributed by atoms with Crippen molar-refractivity contribution in [3.8, 4) is 0 Å². The molecule has 0 saturated heterocycles. The second kappa shape index (κ2) is 23.1. The van der Waals surface area contributed by atoms with Gasteiger partial charge in [-0.3, -0.25) is 19.2 Å². The summed E-state index contributed by atoms with van der Waals surface area (Å²) in [6.45, 7) is 3.66. The second-order valence-corrected chi connectivity index (χ2v) is 9.67. The number of hydrogen-bond acceptors (Lipinski definition) is 8. The van der Waals surface area contributed by atoms with Crippen molar-refractivity contribution in [2.75, 3.05) is 0 Å². The molecule has 0 aliphatic carbocycles. The maximum absolute atomic E-state index is 11.5. The summed E-state index contributed by atoms with van der Waals surface area (Å²) >= 11 is 0. The van der Waals surface area contributed by atoms with Crippen molar-refractivity contribution >= 4 is 29.3 Å². The summed E-state index contributed by atoms with van der Waals surface area (Å²) in [7, 11) is 0. The van der Waals surface area contributed by atoms with E-state index in [2.05, 4.69) is 0 Å². The number of rotatable bonds is 18. The van der Waals surface area contributed by atoms with Crippen LogP contribution in [-0.2, 0) is 46.7 Å². The van der Waals surface area contributed by atoms with Gasteiger partial charge in [-0.2, -0.15) is 0 Å². The predicted molar refractivity (Wildman–Crippen MR) is 158 cm³/mol. The zero-order chi connectivity index (χ0) is 29.6. The average molecular weight is 571 g/mol. The van der Waals surface area contributed by atoms with Crippen LogP contribution in [-0.4, -0.2) is 40.5 Å². The largest absolute Gasteiger partial charge is 0.461 e. The molecule has 8 nitrogen and oxygen atoms in total. The SMILES string of the molecule is C.CC(=O)CCC(=O)CCCC(=O)OCc1ccccc1.CC(O)CCC(=O)CCCC(=O)OCc1ccccc1. The van der Waals surface area contributed by atoms with Crippen molar-refractivity contribution in [1.82, 2.24) is 0 Å². The van der Waals surface area contributed by atoms with E-state index >= 15 is 0 Å². The molecule has 1 unspecified atom stereocenters. The topological polar surface area (TPSA) is 124 Å². The zero-order valence-electron chi connectivity index (χ0n) is 23.6. The molecule has 2 rings (SSSR count). The van der Waals surface area contributed by atoms with E-state index in [-0.39, 0.29) is 75.6 Å². The quantitative estimate of drug-likeness (QED) is 0.213. The molecule has 0 radical (unpaired) electrons. The number of carbonyl (C=O) groups excluding carboxylic acids is 5. The van der Waals surface area contributed by atoms with Crippen molar-refractivity contribution in [3.05, 3.63) is 71.8 Å². The highest BCUT2D eigenvalue weighted by Gasteiger charge is 2.09. The predicted octanol–water partition coefficient (Wildman–Crippen LogP) is 6.10. The lowest BCUT2D eigenvalue weighted by molar-refractivity contribution is -0.146. The summed E-state index contributed by atoms with van der Waals surface area (Å²) < 4.78 is 10.2. The lowest BCUT2D eigenvalue weighted by atomic mass is 10.1. The van der Waals surface area contributed by atoms with Crippen molar-refractivity contribution in [3.63, 3.8) is 0 Å². The molecule has 2 aromatic rings. The average Bonchev–Trinajstić information content (AvgIpc) is 2.94. The number of hydrogen-bond donors (Lipinski definition) is 1. The fourth-order valence-electron chi connectivity index (χ4n) is 3.42. The van der Waals surface area contributed by atoms with Gasteiger partial charge in [0, 0.05) is 44.9 Å². The number of benzene rings is 2. The molecule has 0 amide bonds. The Morgan fingerprint density at radius 2 is 1.05 bits per heavy atom. The van der Waals surface area contributed by atoms with Crippen LogP contribution in [0.3, 0.4) is 0 Å². The van der Waals surface area contributed by atoms with Gasteiger partial charge in [-0.15, -0.1) is 0 Å². The van der Waals surface area contributed by atoms with E-state index in [9.17, 15) is 24.0 Å². The summed E-state index contributed by atoms with van der Waals surface area (Å²) in [5, 5.41) is 9.07. The van der Waals surface area contributed by atoms with Gasteiger partial charge in [-0.25, -0.2) is 0 Å². The van der Waals surface area contributed by atoms with Crippen LogP contribution in [0.4, 0.5) is 0 Å². The van der Waals surface area contributed by atoms with Crippen LogP contribution < -0.4 is 0 Å². The fourth-order valence-corrected chi connectivity index (χ4v) is 3.42. The molecule has 0 spiro atoms. The molecule has 1 atom stereocenters. The van der Waals surface area contributed by atoms with Gasteiger partial charge >= 0.3 is 11.9 Å². The first kappa shape index (κ1) is 37.4. The van der Waals surface area contributed by atoms with Crippen LogP contribution in [0.5, 0.6) is 0 Å². The van der Waals surface area contributed by atoms with Gasteiger partial charge in [0.05, 0.1) is 6.10 Å². The molecule has 2 aromatic carbocycles. The minimum absolute atomic E-state index is 0. The van der Waals surface area contributed by atoms with E-state index in [1.54, 1.807) is 6.92 Å². The third-order valence-electron chi connectivity index (χ3n) is 5.76. The van der Waals surface area contributed by atoms with Crippen LogP contribution in [0.1, 0.15) is 96.6 Å². The van der Waals surface area contributed by atoms with Crippen molar-refractivity contribution in [1.29, 1.82) is 0 Å². The first-order chi connectivity index (χ1) is 19.2. The summed E-state index contributed by atoms with van der Waals surface area (Å²) in [6.07, 6.45) is 3.14. The zero-order valence-corrected chi connectivity index (χ0v) is 23.6. The normalized spacial score (nSPS) is 10.7. The van der Waals surface area contributed by atoms with Gasteiger partial charge in [0.25, 0.3) is 0 Å². The standard InChI is InChI=1S/C16H22O4.C16H20O4.CH4/c2*1-13(17)10-11-15(18)8-5-9-16(19)20-12-14-6-3-2-4-7-14;/h2-4,6-7,13,17H,5,8-12H2,1H3;2-4,6-7H,5,8-12H2,1H3;1H4. The van der Waals surface area contributed by atoms with Crippen molar-refractivity contribution < 1.29 is 38.6 Å². The van der Waals surface area contributed by atoms with E-state index in [0.717, 1.165) is 11.1 Å². The Balaban J connectivity index is 0.000000762. The lowest BCUT2D eigenvalue weighted by Crippen LogP contribution is -2.08. The number of Topliss-reactive ketones (excluding diaryl/α,β-unsaturated/α-hetero) is 3. The minimum atomic E-state index is -0.449. The Kier molecular flexibility index (Phi) is 21.0. The van der Waals surface area contributed by atoms with Gasteiger partial charge in [0.1, 0.15) is 30.6 Å². The van der Waals surface area contributed by atoms with Gasteiger partial charge in [0.2, 0.25) is 0 Å². The number of ether oxygens (including phenoxy) is 2. The molecule has 226 valence electrons. The van der Waals surface area contributed by atoms with Gasteiger partial charge in [-0.05, 0) is 44.2 Å². The van der Waals surface area contributed by atoms with E-state index in [4.69, 9.17) is 14.6 Å².